The van der Waals surface area contributed by atoms with Crippen molar-refractivity contribution in [2.45, 2.75) is 49.6 Å². The smallest absolute Gasteiger partial charge is 0.194 e. The van der Waals surface area contributed by atoms with Crippen LogP contribution in [-0.4, -0.2) is 83.8 Å². The summed E-state index contributed by atoms with van der Waals surface area (Å²) >= 11 is 0. The highest BCUT2D eigenvalue weighted by molar-refractivity contribution is 6.29. The quantitative estimate of drug-likeness (QED) is 0.126. The van der Waals surface area contributed by atoms with E-state index in [4.69, 9.17) is 19.4 Å². The molecule has 1 aliphatic carbocycles. The van der Waals surface area contributed by atoms with E-state index in [1.807, 2.05) is 60.9 Å². The van der Waals surface area contributed by atoms with Gasteiger partial charge in [0.25, 0.3) is 0 Å². The number of carbonyl (C=O) groups excluding carboxylic acids is 2. The Labute approximate surface area is 363 Å². The molecular weight excluding hydrogens is 769 g/mol. The van der Waals surface area contributed by atoms with E-state index in [9.17, 15) is 0 Å². The Hall–Kier alpha value is -5.96. The molecule has 0 saturated carbocycles. The molecule has 0 amide bonds. The summed E-state index contributed by atoms with van der Waals surface area (Å²) in [5, 5.41) is 1.98. The molecule has 6 saturated heterocycles. The summed E-state index contributed by atoms with van der Waals surface area (Å²) in [6, 6.07) is 28.4. The predicted molar refractivity (Wildman–Crippen MR) is 244 cm³/mol. The van der Waals surface area contributed by atoms with E-state index in [2.05, 4.69) is 71.5 Å². The molecular formula is C54H52N4O4. The van der Waals surface area contributed by atoms with Crippen LogP contribution in [0, 0.1) is 23.7 Å². The predicted octanol–water partition coefficient (Wildman–Crippen LogP) is 9.63. The van der Waals surface area contributed by atoms with Gasteiger partial charge in [-0.15, -0.1) is 13.2 Å². The van der Waals surface area contributed by atoms with Crippen molar-refractivity contribution >= 4 is 33.4 Å². The second kappa shape index (κ2) is 15.4. The van der Waals surface area contributed by atoms with Gasteiger partial charge >= 0.3 is 0 Å². The van der Waals surface area contributed by atoms with Crippen LogP contribution in [0.5, 0.6) is 11.5 Å². The lowest BCUT2D eigenvalue weighted by Gasteiger charge is -2.52. The maximum atomic E-state index is 15.6. The molecule has 8 heteroatoms. The Bertz CT molecular complexity index is 2630. The molecule has 7 aliphatic rings. The van der Waals surface area contributed by atoms with Crippen LogP contribution in [0.3, 0.4) is 0 Å². The van der Waals surface area contributed by atoms with Crippen LogP contribution in [0.1, 0.15) is 91.6 Å². The molecule has 10 atom stereocenters. The fourth-order valence-corrected chi connectivity index (χ4v) is 12.5. The maximum absolute atomic E-state index is 15.6. The number of hydrogen-bond acceptors (Lipinski definition) is 8. The van der Waals surface area contributed by atoms with Crippen LogP contribution >= 0.6 is 0 Å². The largest absolute Gasteiger partial charge is 0.497 e. The summed E-state index contributed by atoms with van der Waals surface area (Å²) in [5.74, 6) is 2.63. The highest BCUT2D eigenvalue weighted by atomic mass is 16.5. The average molecular weight is 821 g/mol. The van der Waals surface area contributed by atoms with Gasteiger partial charge in [0.15, 0.2) is 11.6 Å². The Kier molecular flexibility index (Phi) is 9.69. The number of nitrogens with zero attached hydrogens (tertiary/aromatic N) is 4. The molecule has 0 spiro atoms. The standard InChI is InChI=1S/C54H52N4O4/c1-5-31-29-57-23-19-33(31)25-47(57)49(37-17-21-55-45-15-11-35(61-3)27-43(37)45)41-13-14-42(52-51(41)53(59)39-9-7-8-10-40(39)54(52)60)50(48-26-34-20-24-58(48)30-32(34)6-2)38-18-22-56-46-16-12-36(62-4)28-44(38)46/h5-18,21-22,27-28,31-34,47-50H,1-2,19-20,23-26,29-30H2,3-4H3/t31-,32+,33-,34+,47-,48+,49-,50-/m0/s1. The fourth-order valence-electron chi connectivity index (χ4n) is 12.5. The minimum atomic E-state index is -0.238. The number of ether oxygens (including phenoxy) is 2. The second-order valence-corrected chi connectivity index (χ2v) is 18.2. The number of aromatic nitrogens is 2. The normalized spacial score (nSPS) is 27.1. The molecule has 62 heavy (non-hydrogen) atoms. The Morgan fingerprint density at radius 1 is 0.613 bits per heavy atom. The van der Waals surface area contributed by atoms with Crippen molar-refractivity contribution in [2.75, 3.05) is 40.4 Å². The number of ketones is 2. The van der Waals surface area contributed by atoms with E-state index < -0.39 is 0 Å². The van der Waals surface area contributed by atoms with Gasteiger partial charge in [0, 0.05) is 82.4 Å². The summed E-state index contributed by atoms with van der Waals surface area (Å²) in [5.41, 5.74) is 7.71. The van der Waals surface area contributed by atoms with E-state index >= 15 is 9.59 Å². The molecule has 4 aromatic carbocycles. The topological polar surface area (TPSA) is 84.9 Å². The molecule has 0 radical (unpaired) electrons. The highest BCUT2D eigenvalue weighted by Gasteiger charge is 2.48. The van der Waals surface area contributed by atoms with Crippen molar-refractivity contribution in [1.82, 2.24) is 19.8 Å². The molecule has 312 valence electrons. The molecule has 4 bridgehead atoms. The number of rotatable bonds is 10. The highest BCUT2D eigenvalue weighted by Crippen LogP contribution is 2.51. The lowest BCUT2D eigenvalue weighted by molar-refractivity contribution is 0.0116. The summed E-state index contributed by atoms with van der Waals surface area (Å²) in [4.78, 5) is 46.2. The Balaban J connectivity index is 1.20. The third kappa shape index (κ3) is 6.09. The van der Waals surface area contributed by atoms with Gasteiger partial charge in [-0.2, -0.15) is 0 Å². The van der Waals surface area contributed by atoms with Gasteiger partial charge in [0.1, 0.15) is 11.5 Å². The number of piperidine rings is 6. The summed E-state index contributed by atoms with van der Waals surface area (Å²) < 4.78 is 11.6. The zero-order chi connectivity index (χ0) is 42.2. The first-order valence-electron chi connectivity index (χ1n) is 22.3. The third-order valence-corrected chi connectivity index (χ3v) is 15.5. The summed E-state index contributed by atoms with van der Waals surface area (Å²) in [6.45, 7) is 12.3. The molecule has 2 unspecified atom stereocenters. The van der Waals surface area contributed by atoms with Crippen molar-refractivity contribution in [2.24, 2.45) is 23.7 Å². The van der Waals surface area contributed by atoms with Crippen molar-refractivity contribution in [1.29, 1.82) is 0 Å². The SMILES string of the molecule is C=C[C@@H]1CN2CC[C@@H]1C[C@@H]2[C@H](c1ccc([C@H](c2ccnc3ccc(OC)cc23)[C@@H]2C[C@@H]3CCN2C[C@@H]3C=C)c2c1C(=O)c1ccccc1C2=O)c1ccnc2ccc(OC)cc12. The van der Waals surface area contributed by atoms with E-state index in [0.29, 0.717) is 45.9 Å². The van der Waals surface area contributed by atoms with Crippen molar-refractivity contribution in [3.63, 3.8) is 0 Å². The van der Waals surface area contributed by atoms with Crippen molar-refractivity contribution < 1.29 is 19.1 Å². The van der Waals surface area contributed by atoms with Crippen molar-refractivity contribution in [3.05, 3.63) is 167 Å². The number of benzene rings is 4. The van der Waals surface area contributed by atoms with Gasteiger partial charge in [-0.3, -0.25) is 29.4 Å². The summed E-state index contributed by atoms with van der Waals surface area (Å²) in [6.07, 6.45) is 12.2. The van der Waals surface area contributed by atoms with Crippen LogP contribution in [-0.2, 0) is 0 Å². The van der Waals surface area contributed by atoms with Gasteiger partial charge in [-0.05, 0) is 133 Å². The number of hydrogen-bond donors (Lipinski definition) is 0. The fraction of sp³-hybridized carbons (Fsp3) is 0.333. The van der Waals surface area contributed by atoms with Crippen LogP contribution in [0.2, 0.25) is 0 Å². The van der Waals surface area contributed by atoms with Gasteiger partial charge in [-0.25, -0.2) is 0 Å². The van der Waals surface area contributed by atoms with Crippen LogP contribution in [0.4, 0.5) is 0 Å². The first kappa shape index (κ1) is 38.9. The monoisotopic (exact) mass is 820 g/mol. The summed E-state index contributed by atoms with van der Waals surface area (Å²) in [7, 11) is 3.38. The van der Waals surface area contributed by atoms with Gasteiger partial charge < -0.3 is 9.47 Å². The lowest BCUT2D eigenvalue weighted by atomic mass is 9.65. The Morgan fingerprint density at radius 3 is 1.45 bits per heavy atom. The third-order valence-electron chi connectivity index (χ3n) is 15.5. The molecule has 6 aromatic rings. The Morgan fingerprint density at radius 2 is 1.06 bits per heavy atom. The maximum Gasteiger partial charge on any atom is 0.194 e. The molecule has 2 aromatic heterocycles. The van der Waals surface area contributed by atoms with Crippen LogP contribution in [0.15, 0.2) is 123 Å². The van der Waals surface area contributed by atoms with Crippen LogP contribution in [0.25, 0.3) is 21.8 Å². The lowest BCUT2D eigenvalue weighted by Crippen LogP contribution is -2.55. The molecule has 8 nitrogen and oxygen atoms in total. The van der Waals surface area contributed by atoms with E-state index in [1.54, 1.807) is 14.2 Å². The second-order valence-electron chi connectivity index (χ2n) is 18.2. The van der Waals surface area contributed by atoms with E-state index in [1.165, 1.54) is 0 Å². The van der Waals surface area contributed by atoms with Gasteiger partial charge in [0.2, 0.25) is 0 Å². The number of methoxy groups -OCH3 is 2. The van der Waals surface area contributed by atoms with E-state index in [0.717, 1.165) is 107 Å². The minimum Gasteiger partial charge on any atom is -0.497 e. The zero-order valence-corrected chi connectivity index (χ0v) is 35.5. The minimum absolute atomic E-state index is 0.0835. The number of pyridine rings is 2. The van der Waals surface area contributed by atoms with E-state index in [-0.39, 0.29) is 35.5 Å². The van der Waals surface area contributed by atoms with Gasteiger partial charge in [0.05, 0.1) is 25.3 Å². The first-order chi connectivity index (χ1) is 30.4. The number of carbonyl (C=O) groups is 2. The molecule has 13 rings (SSSR count). The van der Waals surface area contributed by atoms with Crippen molar-refractivity contribution in [3.8, 4) is 11.5 Å². The number of fused-ring (bicyclic) bond motifs is 10. The molecule has 6 fully saturated rings. The molecule has 6 aliphatic heterocycles. The first-order valence-corrected chi connectivity index (χ1v) is 22.3. The molecule has 8 heterocycles. The average Bonchev–Trinajstić information content (AvgIpc) is 3.33. The zero-order valence-electron chi connectivity index (χ0n) is 35.5. The molecule has 0 N–H and O–H groups in total. The van der Waals surface area contributed by atoms with Crippen LogP contribution < -0.4 is 9.47 Å². The van der Waals surface area contributed by atoms with Gasteiger partial charge in [-0.1, -0.05) is 48.6 Å².